The molecular weight excluding hydrogens is 503 g/mol. The molecule has 1 aliphatic heterocycles. The van der Waals surface area contributed by atoms with Gasteiger partial charge in [0.05, 0.1) is 26.9 Å². The first-order valence-corrected chi connectivity index (χ1v) is 12.3. The Labute approximate surface area is 216 Å². The second kappa shape index (κ2) is 9.15. The van der Waals surface area contributed by atoms with E-state index in [4.69, 9.17) is 37.2 Å². The fourth-order valence-corrected chi connectivity index (χ4v) is 4.95. The van der Waals surface area contributed by atoms with Gasteiger partial charge in [0.15, 0.2) is 0 Å². The molecule has 2 aromatic carbocycles. The molecule has 0 bridgehead atoms. The Morgan fingerprint density at radius 2 is 1.86 bits per heavy atom. The molecule has 1 aliphatic carbocycles. The van der Waals surface area contributed by atoms with Crippen molar-refractivity contribution in [2.75, 3.05) is 0 Å². The Kier molecular flexibility index (Phi) is 5.82. The van der Waals surface area contributed by atoms with Crippen molar-refractivity contribution in [3.63, 3.8) is 0 Å². The Morgan fingerprint density at radius 3 is 2.61 bits per heavy atom. The van der Waals surface area contributed by atoms with E-state index in [2.05, 4.69) is 10.1 Å². The highest BCUT2D eigenvalue weighted by Gasteiger charge is 2.34. The van der Waals surface area contributed by atoms with E-state index < -0.39 is 5.97 Å². The van der Waals surface area contributed by atoms with Crippen molar-refractivity contribution in [3.8, 4) is 28.6 Å². The van der Waals surface area contributed by atoms with Gasteiger partial charge in [-0.15, -0.1) is 0 Å². The minimum absolute atomic E-state index is 0.180. The van der Waals surface area contributed by atoms with Crippen molar-refractivity contribution in [1.82, 2.24) is 10.1 Å². The normalized spacial score (nSPS) is 14.4. The lowest BCUT2D eigenvalue weighted by Gasteiger charge is -2.12. The van der Waals surface area contributed by atoms with Crippen molar-refractivity contribution in [2.24, 2.45) is 0 Å². The van der Waals surface area contributed by atoms with Gasteiger partial charge >= 0.3 is 5.97 Å². The molecule has 4 aromatic rings. The van der Waals surface area contributed by atoms with E-state index >= 15 is 0 Å². The molecule has 1 fully saturated rings. The van der Waals surface area contributed by atoms with Gasteiger partial charge in [0.25, 0.3) is 0 Å². The number of hydrogen-bond donors (Lipinski definition) is 1. The summed E-state index contributed by atoms with van der Waals surface area (Å²) in [7, 11) is 0. The largest absolute Gasteiger partial charge is 0.478 e. The first-order chi connectivity index (χ1) is 17.5. The summed E-state index contributed by atoms with van der Waals surface area (Å²) in [6.45, 7) is 0.195. The van der Waals surface area contributed by atoms with E-state index in [0.29, 0.717) is 57.4 Å². The molecule has 0 radical (unpaired) electrons. The Hall–Kier alpha value is -3.55. The molecule has 1 N–H and O–H groups in total. The van der Waals surface area contributed by atoms with Gasteiger partial charge < -0.3 is 19.1 Å². The van der Waals surface area contributed by atoms with Gasteiger partial charge in [0.2, 0.25) is 5.88 Å². The number of nitrogens with zero attached hydrogens (tertiary/aromatic N) is 2. The number of ether oxygens (including phenoxy) is 2. The lowest BCUT2D eigenvalue weighted by molar-refractivity contribution is 0.0696. The molecule has 9 heteroatoms. The molecular formula is C27H20Cl2N2O5. The van der Waals surface area contributed by atoms with Crippen molar-refractivity contribution in [2.45, 2.75) is 38.2 Å². The van der Waals surface area contributed by atoms with Crippen molar-refractivity contribution < 1.29 is 23.9 Å². The molecule has 0 atom stereocenters. The molecule has 182 valence electrons. The number of carbonyl (C=O) groups is 1. The van der Waals surface area contributed by atoms with Crippen LogP contribution in [0.15, 0.2) is 53.1 Å². The van der Waals surface area contributed by atoms with Crippen LogP contribution in [-0.2, 0) is 19.4 Å². The summed E-state index contributed by atoms with van der Waals surface area (Å²) in [6, 6.07) is 13.8. The maximum absolute atomic E-state index is 11.3. The zero-order valence-corrected chi connectivity index (χ0v) is 20.5. The highest BCUT2D eigenvalue weighted by Crippen LogP contribution is 2.46. The van der Waals surface area contributed by atoms with Crippen molar-refractivity contribution in [1.29, 1.82) is 0 Å². The fourth-order valence-electron chi connectivity index (χ4n) is 4.38. The SMILES string of the molecule is O=C(O)c1ccc2c(c1)Oc1ccc(OCc3c(-c4c(Cl)cccc4Cl)noc3C3CC3)nc1CC2. The lowest BCUT2D eigenvalue weighted by Crippen LogP contribution is -2.03. The van der Waals surface area contributed by atoms with Gasteiger partial charge in [-0.05, 0) is 61.6 Å². The molecule has 3 heterocycles. The van der Waals surface area contributed by atoms with Gasteiger partial charge in [0, 0.05) is 17.5 Å². The molecule has 1 saturated carbocycles. The van der Waals surface area contributed by atoms with Crippen LogP contribution in [-0.4, -0.2) is 21.2 Å². The highest BCUT2D eigenvalue weighted by atomic mass is 35.5. The second-order valence-electron chi connectivity index (χ2n) is 8.86. The van der Waals surface area contributed by atoms with E-state index in [1.165, 1.54) is 0 Å². The third-order valence-corrected chi connectivity index (χ3v) is 7.03. The maximum atomic E-state index is 11.3. The van der Waals surface area contributed by atoms with E-state index in [1.807, 2.05) is 0 Å². The van der Waals surface area contributed by atoms with Crippen LogP contribution < -0.4 is 9.47 Å². The molecule has 2 aromatic heterocycles. The number of carboxylic acid groups (broad SMARTS) is 1. The smallest absolute Gasteiger partial charge is 0.335 e. The van der Waals surface area contributed by atoms with E-state index in [9.17, 15) is 9.90 Å². The topological polar surface area (TPSA) is 94.7 Å². The first kappa shape index (κ1) is 22.9. The molecule has 36 heavy (non-hydrogen) atoms. The fraction of sp³-hybridized carbons (Fsp3) is 0.222. The van der Waals surface area contributed by atoms with E-state index in [1.54, 1.807) is 48.5 Å². The quantitative estimate of drug-likeness (QED) is 0.288. The molecule has 2 aliphatic rings. The number of halogens is 2. The molecule has 0 saturated heterocycles. The summed E-state index contributed by atoms with van der Waals surface area (Å²) in [6.07, 6.45) is 3.38. The monoisotopic (exact) mass is 522 g/mol. The Balaban J connectivity index is 1.27. The number of aryl methyl sites for hydroxylation is 2. The van der Waals surface area contributed by atoms with Crippen molar-refractivity contribution >= 4 is 29.2 Å². The minimum atomic E-state index is -0.996. The third kappa shape index (κ3) is 4.29. The molecule has 6 rings (SSSR count). The summed E-state index contributed by atoms with van der Waals surface area (Å²) in [5, 5.41) is 14.6. The molecule has 0 spiro atoms. The molecule has 7 nitrogen and oxygen atoms in total. The first-order valence-electron chi connectivity index (χ1n) is 11.6. The lowest BCUT2D eigenvalue weighted by atomic mass is 10.0. The van der Waals surface area contributed by atoms with E-state index in [0.717, 1.165) is 35.4 Å². The Morgan fingerprint density at radius 1 is 1.06 bits per heavy atom. The predicted molar refractivity (Wildman–Crippen MR) is 133 cm³/mol. The number of aromatic carboxylic acids is 1. The predicted octanol–water partition coefficient (Wildman–Crippen LogP) is 7.09. The average molecular weight is 523 g/mol. The Bertz CT molecular complexity index is 1480. The summed E-state index contributed by atoms with van der Waals surface area (Å²) in [5.74, 6) is 1.66. The second-order valence-corrected chi connectivity index (χ2v) is 9.67. The maximum Gasteiger partial charge on any atom is 0.335 e. The van der Waals surface area contributed by atoms with E-state index in [-0.39, 0.29) is 12.2 Å². The van der Waals surface area contributed by atoms with Crippen LogP contribution in [0.25, 0.3) is 11.3 Å². The minimum Gasteiger partial charge on any atom is -0.478 e. The van der Waals surface area contributed by atoms with Gasteiger partial charge in [0.1, 0.15) is 29.6 Å². The number of fused-ring (bicyclic) bond motifs is 2. The molecule has 0 amide bonds. The zero-order chi connectivity index (χ0) is 24.8. The summed E-state index contributed by atoms with van der Waals surface area (Å²) < 4.78 is 17.9. The van der Waals surface area contributed by atoms with Gasteiger partial charge in [-0.2, -0.15) is 0 Å². The third-order valence-electron chi connectivity index (χ3n) is 6.40. The molecule has 0 unspecified atom stereocenters. The summed E-state index contributed by atoms with van der Waals surface area (Å²) >= 11 is 12.9. The number of carboxylic acids is 1. The number of hydrogen-bond acceptors (Lipinski definition) is 6. The van der Waals surface area contributed by atoms with Gasteiger partial charge in [-0.25, -0.2) is 9.78 Å². The number of aromatic nitrogens is 2. The zero-order valence-electron chi connectivity index (χ0n) is 19.0. The number of benzene rings is 2. The average Bonchev–Trinajstić information content (AvgIpc) is 3.65. The van der Waals surface area contributed by atoms with Crippen LogP contribution in [0.5, 0.6) is 17.4 Å². The van der Waals surface area contributed by atoms with Crippen LogP contribution in [0.3, 0.4) is 0 Å². The van der Waals surface area contributed by atoms with Crippen LogP contribution in [0, 0.1) is 0 Å². The van der Waals surface area contributed by atoms with Gasteiger partial charge in [-0.1, -0.05) is 40.5 Å². The standard InChI is InChI=1S/C27H20Cl2N2O5/c28-18-2-1-3-19(29)24(18)25-17(26(36-31-25)15-5-6-15)13-34-23-11-10-21-20(30-23)9-8-14-4-7-16(27(32)33)12-22(14)35-21/h1-4,7,10-12,15H,5-6,8-9,13H2,(H,32,33). The van der Waals surface area contributed by atoms with Crippen LogP contribution in [0.4, 0.5) is 0 Å². The highest BCUT2D eigenvalue weighted by molar-refractivity contribution is 6.39. The van der Waals surface area contributed by atoms with Crippen LogP contribution in [0.1, 0.15) is 51.7 Å². The van der Waals surface area contributed by atoms with Gasteiger partial charge in [-0.3, -0.25) is 0 Å². The van der Waals surface area contributed by atoms with Crippen molar-refractivity contribution in [3.05, 3.63) is 86.7 Å². The summed E-state index contributed by atoms with van der Waals surface area (Å²) in [5.41, 5.74) is 3.86. The summed E-state index contributed by atoms with van der Waals surface area (Å²) in [4.78, 5) is 16.0. The van der Waals surface area contributed by atoms with Crippen LogP contribution in [0.2, 0.25) is 10.0 Å². The number of rotatable bonds is 6. The van der Waals surface area contributed by atoms with Crippen LogP contribution >= 0.6 is 23.2 Å². The number of pyridine rings is 1.